The van der Waals surface area contributed by atoms with Crippen molar-refractivity contribution in [3.63, 3.8) is 0 Å². The van der Waals surface area contributed by atoms with Gasteiger partial charge in [-0.1, -0.05) is 6.07 Å². The Bertz CT molecular complexity index is 840. The Morgan fingerprint density at radius 1 is 1.26 bits per heavy atom. The molecular formula is C18H18F4N4O. The van der Waals surface area contributed by atoms with Gasteiger partial charge in [0.1, 0.15) is 18.0 Å². The topological polar surface area (TPSA) is 58.1 Å². The zero-order chi connectivity index (χ0) is 19.6. The molecule has 27 heavy (non-hydrogen) atoms. The van der Waals surface area contributed by atoms with Gasteiger partial charge in [0.05, 0.1) is 11.3 Å². The molecule has 0 spiro atoms. The van der Waals surface area contributed by atoms with E-state index in [-0.39, 0.29) is 17.5 Å². The number of aromatic nitrogens is 2. The molecule has 1 amide bonds. The second-order valence-electron chi connectivity index (χ2n) is 6.44. The van der Waals surface area contributed by atoms with Crippen LogP contribution in [0.3, 0.4) is 0 Å². The van der Waals surface area contributed by atoms with Gasteiger partial charge in [0.2, 0.25) is 5.91 Å². The van der Waals surface area contributed by atoms with Crippen LogP contribution in [0.2, 0.25) is 0 Å². The average Bonchev–Trinajstić information content (AvgIpc) is 2.60. The summed E-state index contributed by atoms with van der Waals surface area (Å²) < 4.78 is 52.0. The number of hydrogen-bond donors (Lipinski definition) is 1. The Morgan fingerprint density at radius 2 is 2.04 bits per heavy atom. The van der Waals surface area contributed by atoms with Crippen molar-refractivity contribution in [2.45, 2.75) is 32.0 Å². The Hall–Kier alpha value is -2.71. The molecule has 1 aromatic heterocycles. The lowest BCUT2D eigenvalue weighted by molar-refractivity contribution is -0.140. The lowest BCUT2D eigenvalue weighted by Crippen LogP contribution is -2.47. The highest BCUT2D eigenvalue weighted by molar-refractivity contribution is 5.73. The molecule has 1 atom stereocenters. The average molecular weight is 382 g/mol. The highest BCUT2D eigenvalue weighted by atomic mass is 19.4. The third-order valence-corrected chi connectivity index (χ3v) is 4.38. The zero-order valence-electron chi connectivity index (χ0n) is 14.6. The van der Waals surface area contributed by atoms with Crippen molar-refractivity contribution in [3.05, 3.63) is 42.0 Å². The summed E-state index contributed by atoms with van der Waals surface area (Å²) in [5.41, 5.74) is -0.747. The van der Waals surface area contributed by atoms with Crippen molar-refractivity contribution >= 4 is 11.7 Å². The van der Waals surface area contributed by atoms with Gasteiger partial charge in [-0.05, 0) is 25.0 Å². The van der Waals surface area contributed by atoms with Crippen LogP contribution < -0.4 is 10.2 Å². The fourth-order valence-corrected chi connectivity index (χ4v) is 3.17. The molecule has 0 bridgehead atoms. The minimum absolute atomic E-state index is 0.00169. The van der Waals surface area contributed by atoms with Gasteiger partial charge in [-0.2, -0.15) is 13.2 Å². The fraction of sp³-hybridized carbons (Fsp3) is 0.389. The summed E-state index contributed by atoms with van der Waals surface area (Å²) in [7, 11) is 0. The molecule has 9 heteroatoms. The molecule has 3 rings (SSSR count). The van der Waals surface area contributed by atoms with Crippen LogP contribution in [0.5, 0.6) is 0 Å². The minimum Gasteiger partial charge on any atom is -0.354 e. The van der Waals surface area contributed by atoms with Crippen molar-refractivity contribution in [2.75, 3.05) is 18.0 Å². The van der Waals surface area contributed by atoms with E-state index in [0.29, 0.717) is 24.1 Å². The van der Waals surface area contributed by atoms with Crippen molar-refractivity contribution < 1.29 is 22.4 Å². The second kappa shape index (κ2) is 7.50. The standard InChI is InChI=1S/C18H18F4N4O/c1-11(27)25-13-3-2-6-26(9-13)17-8-16(23-10-24-17)12-4-5-14(15(19)7-12)18(20,21)22/h4-5,7-8,10,13H,2-3,6,9H2,1H3,(H,25,27). The van der Waals surface area contributed by atoms with Crippen LogP contribution in [0.25, 0.3) is 11.3 Å². The number of rotatable bonds is 3. The van der Waals surface area contributed by atoms with E-state index in [2.05, 4.69) is 15.3 Å². The van der Waals surface area contributed by atoms with Crippen LogP contribution >= 0.6 is 0 Å². The summed E-state index contributed by atoms with van der Waals surface area (Å²) in [6.07, 6.45) is -1.73. The first kappa shape index (κ1) is 19.1. The molecule has 1 aromatic carbocycles. The van der Waals surface area contributed by atoms with Gasteiger partial charge >= 0.3 is 6.18 Å². The number of benzene rings is 1. The van der Waals surface area contributed by atoms with E-state index in [1.165, 1.54) is 19.3 Å². The number of piperidine rings is 1. The molecule has 1 aliphatic rings. The molecule has 0 radical (unpaired) electrons. The van der Waals surface area contributed by atoms with Gasteiger partial charge in [0.15, 0.2) is 0 Å². The van der Waals surface area contributed by atoms with Gasteiger partial charge in [0.25, 0.3) is 0 Å². The second-order valence-corrected chi connectivity index (χ2v) is 6.44. The van der Waals surface area contributed by atoms with E-state index in [1.54, 1.807) is 6.07 Å². The van der Waals surface area contributed by atoms with Crippen molar-refractivity contribution in [1.82, 2.24) is 15.3 Å². The lowest BCUT2D eigenvalue weighted by Gasteiger charge is -2.33. The first-order valence-corrected chi connectivity index (χ1v) is 8.45. The Balaban J connectivity index is 1.83. The third-order valence-electron chi connectivity index (χ3n) is 4.38. The number of hydrogen-bond acceptors (Lipinski definition) is 4. The molecular weight excluding hydrogens is 364 g/mol. The van der Waals surface area contributed by atoms with E-state index in [1.807, 2.05) is 4.90 Å². The summed E-state index contributed by atoms with van der Waals surface area (Å²) in [6, 6.07) is 4.33. The van der Waals surface area contributed by atoms with E-state index in [4.69, 9.17) is 0 Å². The molecule has 2 heterocycles. The number of nitrogens with zero attached hydrogens (tertiary/aromatic N) is 3. The largest absolute Gasteiger partial charge is 0.419 e. The number of anilines is 1. The van der Waals surface area contributed by atoms with Gasteiger partial charge in [0, 0.05) is 37.7 Å². The van der Waals surface area contributed by atoms with Gasteiger partial charge in [-0.25, -0.2) is 14.4 Å². The third kappa shape index (κ3) is 4.53. The number of carbonyl (C=O) groups excluding carboxylic acids is 1. The SMILES string of the molecule is CC(=O)NC1CCCN(c2cc(-c3ccc(C(F)(F)F)c(F)c3)ncn2)C1. The van der Waals surface area contributed by atoms with E-state index >= 15 is 0 Å². The Kier molecular flexibility index (Phi) is 5.29. The quantitative estimate of drug-likeness (QED) is 0.827. The summed E-state index contributed by atoms with van der Waals surface area (Å²) in [6.45, 7) is 2.76. The van der Waals surface area contributed by atoms with Crippen LogP contribution in [-0.2, 0) is 11.0 Å². The van der Waals surface area contributed by atoms with Gasteiger partial charge in [-0.15, -0.1) is 0 Å². The van der Waals surface area contributed by atoms with Crippen LogP contribution in [-0.4, -0.2) is 35.0 Å². The molecule has 2 aromatic rings. The highest BCUT2D eigenvalue weighted by Crippen LogP contribution is 2.33. The molecule has 0 saturated carbocycles. The zero-order valence-corrected chi connectivity index (χ0v) is 14.6. The van der Waals surface area contributed by atoms with Gasteiger partial charge in [-0.3, -0.25) is 4.79 Å². The van der Waals surface area contributed by atoms with E-state index in [9.17, 15) is 22.4 Å². The lowest BCUT2D eigenvalue weighted by atomic mass is 10.0. The number of amides is 1. The minimum atomic E-state index is -4.74. The molecule has 1 N–H and O–H groups in total. The number of alkyl halides is 3. The molecule has 5 nitrogen and oxygen atoms in total. The predicted molar refractivity (Wildman–Crippen MR) is 91.5 cm³/mol. The summed E-state index contributed by atoms with van der Waals surface area (Å²) in [4.78, 5) is 21.5. The van der Waals surface area contributed by atoms with Crippen LogP contribution in [0, 0.1) is 5.82 Å². The summed E-state index contributed by atoms with van der Waals surface area (Å²) in [5.74, 6) is -0.871. The molecule has 1 aliphatic heterocycles. The maximum atomic E-state index is 13.8. The monoisotopic (exact) mass is 382 g/mol. The number of nitrogens with one attached hydrogen (secondary N) is 1. The first-order valence-electron chi connectivity index (χ1n) is 8.45. The fourth-order valence-electron chi connectivity index (χ4n) is 3.17. The van der Waals surface area contributed by atoms with Crippen molar-refractivity contribution in [2.24, 2.45) is 0 Å². The normalized spacial score (nSPS) is 17.7. The first-order chi connectivity index (χ1) is 12.7. The van der Waals surface area contributed by atoms with Crippen LogP contribution in [0.15, 0.2) is 30.6 Å². The number of halogens is 4. The highest BCUT2D eigenvalue weighted by Gasteiger charge is 2.34. The smallest absolute Gasteiger partial charge is 0.354 e. The Morgan fingerprint density at radius 3 is 2.70 bits per heavy atom. The summed E-state index contributed by atoms with van der Waals surface area (Å²) >= 11 is 0. The van der Waals surface area contributed by atoms with Gasteiger partial charge < -0.3 is 10.2 Å². The maximum absolute atomic E-state index is 13.8. The number of carbonyl (C=O) groups is 1. The van der Waals surface area contributed by atoms with Crippen molar-refractivity contribution in [3.8, 4) is 11.3 Å². The van der Waals surface area contributed by atoms with Crippen molar-refractivity contribution in [1.29, 1.82) is 0 Å². The summed E-state index contributed by atoms with van der Waals surface area (Å²) in [5, 5.41) is 2.88. The molecule has 1 fully saturated rings. The van der Waals surface area contributed by atoms with E-state index in [0.717, 1.165) is 25.5 Å². The molecule has 1 unspecified atom stereocenters. The van der Waals surface area contributed by atoms with Crippen LogP contribution in [0.1, 0.15) is 25.3 Å². The maximum Gasteiger partial charge on any atom is 0.419 e. The molecule has 0 aliphatic carbocycles. The van der Waals surface area contributed by atoms with E-state index < -0.39 is 17.6 Å². The Labute approximate surface area is 153 Å². The molecule has 1 saturated heterocycles. The predicted octanol–water partition coefficient (Wildman–Crippen LogP) is 3.41. The van der Waals surface area contributed by atoms with Crippen LogP contribution in [0.4, 0.5) is 23.4 Å². The molecule has 144 valence electrons.